The SMILES string of the molecule is CCCC(=O)OCCOCCOCCOCCOCCOCCOCCOCCOCc1ccccc1. The fraction of sp³-hybridized carbons (Fsp3) is 0.741. The van der Waals surface area contributed by atoms with E-state index in [2.05, 4.69) is 0 Å². The summed E-state index contributed by atoms with van der Waals surface area (Å²) in [5, 5.41) is 0. The summed E-state index contributed by atoms with van der Waals surface area (Å²) in [6, 6.07) is 10.1. The van der Waals surface area contributed by atoms with Gasteiger partial charge in [0.15, 0.2) is 0 Å². The second-order valence-corrected chi connectivity index (χ2v) is 7.80. The van der Waals surface area contributed by atoms with Crippen molar-refractivity contribution in [3.63, 3.8) is 0 Å². The van der Waals surface area contributed by atoms with Crippen molar-refractivity contribution < 1.29 is 47.4 Å². The van der Waals surface area contributed by atoms with Crippen LogP contribution in [-0.4, -0.2) is 112 Å². The molecule has 0 N–H and O–H groups in total. The molecule has 1 rings (SSSR count). The van der Waals surface area contributed by atoms with Crippen LogP contribution in [0.2, 0.25) is 0 Å². The predicted octanol–water partition coefficient (Wildman–Crippen LogP) is 2.66. The number of ether oxygens (including phenoxy) is 9. The Bertz CT molecular complexity index is 602. The topological polar surface area (TPSA) is 100 Å². The van der Waals surface area contributed by atoms with Gasteiger partial charge in [-0.05, 0) is 12.0 Å². The molecule has 0 radical (unpaired) electrons. The van der Waals surface area contributed by atoms with Gasteiger partial charge in [-0.25, -0.2) is 0 Å². The lowest BCUT2D eigenvalue weighted by Crippen LogP contribution is -2.15. The number of benzene rings is 1. The average molecular weight is 531 g/mol. The molecular weight excluding hydrogens is 484 g/mol. The maximum absolute atomic E-state index is 11.2. The molecule has 0 fully saturated rings. The Morgan fingerprint density at radius 3 is 1.24 bits per heavy atom. The van der Waals surface area contributed by atoms with Crippen molar-refractivity contribution in [3.05, 3.63) is 35.9 Å². The van der Waals surface area contributed by atoms with E-state index >= 15 is 0 Å². The summed E-state index contributed by atoms with van der Waals surface area (Å²) in [6.07, 6.45) is 1.24. The predicted molar refractivity (Wildman–Crippen MR) is 138 cm³/mol. The molecule has 0 saturated carbocycles. The number of esters is 1. The zero-order chi connectivity index (χ0) is 26.5. The number of hydrogen-bond donors (Lipinski definition) is 0. The maximum atomic E-state index is 11.2. The first-order valence-electron chi connectivity index (χ1n) is 13.1. The minimum absolute atomic E-state index is 0.184. The van der Waals surface area contributed by atoms with E-state index in [4.69, 9.17) is 42.6 Å². The molecule has 0 unspecified atom stereocenters. The number of rotatable bonds is 28. The number of hydrogen-bond acceptors (Lipinski definition) is 10. The van der Waals surface area contributed by atoms with Crippen LogP contribution in [0.25, 0.3) is 0 Å². The Kier molecular flexibility index (Phi) is 24.7. The molecule has 214 valence electrons. The highest BCUT2D eigenvalue weighted by molar-refractivity contribution is 5.69. The van der Waals surface area contributed by atoms with E-state index in [9.17, 15) is 4.79 Å². The van der Waals surface area contributed by atoms with Crippen molar-refractivity contribution in [1.29, 1.82) is 0 Å². The molecule has 0 aliphatic rings. The van der Waals surface area contributed by atoms with Gasteiger partial charge in [0.2, 0.25) is 0 Å². The van der Waals surface area contributed by atoms with Crippen molar-refractivity contribution in [1.82, 2.24) is 0 Å². The van der Waals surface area contributed by atoms with Gasteiger partial charge in [-0.3, -0.25) is 4.79 Å². The molecule has 1 aromatic carbocycles. The van der Waals surface area contributed by atoms with Crippen LogP contribution in [0.3, 0.4) is 0 Å². The molecule has 0 heterocycles. The minimum Gasteiger partial charge on any atom is -0.463 e. The molecule has 0 amide bonds. The maximum Gasteiger partial charge on any atom is 0.305 e. The van der Waals surface area contributed by atoms with Crippen LogP contribution < -0.4 is 0 Å². The molecule has 10 nitrogen and oxygen atoms in total. The summed E-state index contributed by atoms with van der Waals surface area (Å²) >= 11 is 0. The molecule has 0 spiro atoms. The Hall–Kier alpha value is -1.63. The second kappa shape index (κ2) is 27.4. The molecule has 10 heteroatoms. The summed E-state index contributed by atoms with van der Waals surface area (Å²) < 4.78 is 48.5. The molecule has 0 aliphatic carbocycles. The van der Waals surface area contributed by atoms with Crippen molar-refractivity contribution in [2.24, 2.45) is 0 Å². The summed E-state index contributed by atoms with van der Waals surface area (Å²) in [5.74, 6) is -0.184. The molecule has 37 heavy (non-hydrogen) atoms. The third kappa shape index (κ3) is 24.5. The molecule has 0 bridgehead atoms. The zero-order valence-electron chi connectivity index (χ0n) is 22.4. The Labute approximate surface area is 221 Å². The van der Waals surface area contributed by atoms with Crippen molar-refractivity contribution >= 4 is 5.97 Å². The van der Waals surface area contributed by atoms with Crippen molar-refractivity contribution in [3.8, 4) is 0 Å². The van der Waals surface area contributed by atoms with Gasteiger partial charge in [-0.2, -0.15) is 0 Å². The van der Waals surface area contributed by atoms with Crippen LogP contribution >= 0.6 is 0 Å². The first kappa shape index (κ1) is 33.4. The van der Waals surface area contributed by atoms with Gasteiger partial charge in [-0.1, -0.05) is 37.3 Å². The van der Waals surface area contributed by atoms with Crippen LogP contribution in [0.1, 0.15) is 25.3 Å². The highest BCUT2D eigenvalue weighted by Gasteiger charge is 2.00. The highest BCUT2D eigenvalue weighted by atomic mass is 16.6. The first-order chi connectivity index (χ1) is 18.3. The Morgan fingerprint density at radius 2 is 0.865 bits per heavy atom. The number of carbonyl (C=O) groups is 1. The fourth-order valence-electron chi connectivity index (χ4n) is 2.79. The van der Waals surface area contributed by atoms with Gasteiger partial charge < -0.3 is 42.6 Å². The van der Waals surface area contributed by atoms with Crippen LogP contribution in [0.4, 0.5) is 0 Å². The van der Waals surface area contributed by atoms with Gasteiger partial charge in [0.05, 0.1) is 106 Å². The third-order valence-corrected chi connectivity index (χ3v) is 4.66. The second-order valence-electron chi connectivity index (χ2n) is 7.80. The quantitative estimate of drug-likeness (QED) is 0.119. The normalized spacial score (nSPS) is 11.2. The molecule has 0 atom stereocenters. The van der Waals surface area contributed by atoms with Crippen LogP contribution in [0, 0.1) is 0 Å². The number of carbonyl (C=O) groups excluding carboxylic acids is 1. The zero-order valence-corrected chi connectivity index (χ0v) is 22.4. The standard InChI is InChI=1S/C27H46O10/c1-2-6-27(28)37-24-23-35-20-19-33-16-15-31-12-11-29-9-10-30-13-14-32-17-18-34-21-22-36-25-26-7-4-3-5-8-26/h3-5,7-8H,2,6,9-25H2,1H3. The monoisotopic (exact) mass is 530 g/mol. The van der Waals surface area contributed by atoms with E-state index < -0.39 is 0 Å². The summed E-state index contributed by atoms with van der Waals surface area (Å²) in [6.45, 7) is 10.4. The third-order valence-electron chi connectivity index (χ3n) is 4.66. The lowest BCUT2D eigenvalue weighted by Gasteiger charge is -2.09. The average Bonchev–Trinajstić information content (AvgIpc) is 2.91. The Morgan fingerprint density at radius 1 is 0.514 bits per heavy atom. The van der Waals surface area contributed by atoms with E-state index in [1.807, 2.05) is 37.3 Å². The van der Waals surface area contributed by atoms with E-state index in [1.165, 1.54) is 0 Å². The van der Waals surface area contributed by atoms with Crippen LogP contribution in [0.5, 0.6) is 0 Å². The smallest absolute Gasteiger partial charge is 0.305 e. The van der Waals surface area contributed by atoms with Crippen molar-refractivity contribution in [2.45, 2.75) is 26.4 Å². The summed E-state index contributed by atoms with van der Waals surface area (Å²) in [5.41, 5.74) is 1.16. The molecule has 0 aromatic heterocycles. The fourth-order valence-corrected chi connectivity index (χ4v) is 2.79. The van der Waals surface area contributed by atoms with E-state index in [1.54, 1.807) is 0 Å². The van der Waals surface area contributed by atoms with E-state index in [-0.39, 0.29) is 12.6 Å². The van der Waals surface area contributed by atoms with Gasteiger partial charge in [0.25, 0.3) is 0 Å². The van der Waals surface area contributed by atoms with E-state index in [0.29, 0.717) is 112 Å². The molecule has 0 saturated heterocycles. The molecule has 1 aromatic rings. The van der Waals surface area contributed by atoms with Crippen LogP contribution in [0.15, 0.2) is 30.3 Å². The van der Waals surface area contributed by atoms with Gasteiger partial charge >= 0.3 is 5.97 Å². The lowest BCUT2D eigenvalue weighted by atomic mass is 10.2. The first-order valence-corrected chi connectivity index (χ1v) is 13.1. The minimum atomic E-state index is -0.184. The van der Waals surface area contributed by atoms with Crippen molar-refractivity contribution in [2.75, 3.05) is 106 Å². The largest absolute Gasteiger partial charge is 0.463 e. The molecule has 0 aliphatic heterocycles. The van der Waals surface area contributed by atoms with Crippen LogP contribution in [-0.2, 0) is 54.0 Å². The summed E-state index contributed by atoms with van der Waals surface area (Å²) in [4.78, 5) is 11.2. The van der Waals surface area contributed by atoms with Gasteiger partial charge in [0, 0.05) is 6.42 Å². The molecular formula is C27H46O10. The van der Waals surface area contributed by atoms with Gasteiger partial charge in [0.1, 0.15) is 6.61 Å². The lowest BCUT2D eigenvalue weighted by molar-refractivity contribution is -0.145. The van der Waals surface area contributed by atoms with E-state index in [0.717, 1.165) is 12.0 Å². The highest BCUT2D eigenvalue weighted by Crippen LogP contribution is 2.00. The Balaban J connectivity index is 1.64. The summed E-state index contributed by atoms with van der Waals surface area (Å²) in [7, 11) is 0. The van der Waals surface area contributed by atoms with Gasteiger partial charge in [-0.15, -0.1) is 0 Å².